The summed E-state index contributed by atoms with van der Waals surface area (Å²) in [4.78, 5) is 23.5. The molecule has 0 atom stereocenters. The Balaban J connectivity index is 1.86. The molecule has 24 heavy (non-hydrogen) atoms. The van der Waals surface area contributed by atoms with Gasteiger partial charge in [0, 0.05) is 30.8 Å². The standard InChI is InChI=1S/C19H19N3O2/c1-14(23)17-8-7-16(12-20)11-18(17)21-10-9-19(24)22-13-15-5-3-2-4-6-15/h2-8,11,21H,9-10,13H2,1H3,(H,22,24). The zero-order valence-electron chi connectivity index (χ0n) is 13.5. The van der Waals surface area contributed by atoms with Gasteiger partial charge in [-0.05, 0) is 30.7 Å². The number of ketones is 1. The van der Waals surface area contributed by atoms with Crippen LogP contribution in [0.3, 0.4) is 0 Å². The number of nitrogens with zero attached hydrogens (tertiary/aromatic N) is 1. The number of hydrogen-bond donors (Lipinski definition) is 2. The van der Waals surface area contributed by atoms with E-state index in [1.165, 1.54) is 6.92 Å². The third-order valence-electron chi connectivity index (χ3n) is 3.53. The van der Waals surface area contributed by atoms with E-state index >= 15 is 0 Å². The highest BCUT2D eigenvalue weighted by Gasteiger charge is 2.09. The first-order valence-corrected chi connectivity index (χ1v) is 7.69. The van der Waals surface area contributed by atoms with Crippen LogP contribution < -0.4 is 10.6 Å². The molecule has 0 radical (unpaired) electrons. The lowest BCUT2D eigenvalue weighted by molar-refractivity contribution is -0.121. The lowest BCUT2D eigenvalue weighted by Gasteiger charge is -2.11. The molecular weight excluding hydrogens is 302 g/mol. The number of benzene rings is 2. The van der Waals surface area contributed by atoms with Crippen molar-refractivity contribution in [3.63, 3.8) is 0 Å². The molecule has 2 aromatic carbocycles. The van der Waals surface area contributed by atoms with Crippen LogP contribution in [-0.2, 0) is 11.3 Å². The fourth-order valence-corrected chi connectivity index (χ4v) is 2.26. The highest BCUT2D eigenvalue weighted by atomic mass is 16.1. The molecule has 0 aromatic heterocycles. The van der Waals surface area contributed by atoms with E-state index in [2.05, 4.69) is 10.6 Å². The van der Waals surface area contributed by atoms with Crippen LogP contribution in [0.2, 0.25) is 0 Å². The van der Waals surface area contributed by atoms with Crippen LogP contribution in [0.25, 0.3) is 0 Å². The van der Waals surface area contributed by atoms with Gasteiger partial charge in [0.1, 0.15) is 0 Å². The van der Waals surface area contributed by atoms with Crippen molar-refractivity contribution in [2.45, 2.75) is 19.9 Å². The first-order valence-electron chi connectivity index (χ1n) is 7.69. The maximum atomic E-state index is 11.9. The molecule has 0 spiro atoms. The number of hydrogen-bond acceptors (Lipinski definition) is 4. The van der Waals surface area contributed by atoms with Crippen LogP contribution in [0.15, 0.2) is 48.5 Å². The van der Waals surface area contributed by atoms with E-state index in [-0.39, 0.29) is 18.1 Å². The summed E-state index contributed by atoms with van der Waals surface area (Å²) in [6, 6.07) is 16.6. The quantitative estimate of drug-likeness (QED) is 0.768. The number of carbonyl (C=O) groups is 2. The van der Waals surface area contributed by atoms with Crippen molar-refractivity contribution in [1.29, 1.82) is 5.26 Å². The molecular formula is C19H19N3O2. The molecule has 5 heteroatoms. The Morgan fingerprint density at radius 2 is 1.88 bits per heavy atom. The minimum Gasteiger partial charge on any atom is -0.384 e. The molecule has 2 rings (SSSR count). The molecule has 2 N–H and O–H groups in total. The van der Waals surface area contributed by atoms with E-state index < -0.39 is 0 Å². The first kappa shape index (κ1) is 17.2. The van der Waals surface area contributed by atoms with Gasteiger partial charge in [-0.2, -0.15) is 5.26 Å². The molecule has 0 saturated carbocycles. The first-order chi connectivity index (χ1) is 11.6. The molecule has 122 valence electrons. The van der Waals surface area contributed by atoms with Gasteiger partial charge in [0.05, 0.1) is 11.6 Å². The molecule has 0 aliphatic rings. The molecule has 0 heterocycles. The van der Waals surface area contributed by atoms with E-state index in [0.717, 1.165) is 5.56 Å². The van der Waals surface area contributed by atoms with Crippen LogP contribution >= 0.6 is 0 Å². The number of nitriles is 1. The second-order valence-electron chi connectivity index (χ2n) is 5.37. The van der Waals surface area contributed by atoms with Gasteiger partial charge in [0.2, 0.25) is 5.91 Å². The van der Waals surface area contributed by atoms with Crippen molar-refractivity contribution in [3.05, 3.63) is 65.2 Å². The molecule has 0 saturated heterocycles. The molecule has 0 aliphatic heterocycles. The van der Waals surface area contributed by atoms with Crippen molar-refractivity contribution in [3.8, 4) is 6.07 Å². The molecule has 1 amide bonds. The minimum atomic E-state index is -0.0875. The van der Waals surface area contributed by atoms with E-state index in [1.54, 1.807) is 18.2 Å². The predicted octanol–water partition coefficient (Wildman–Crippen LogP) is 2.88. The number of anilines is 1. The summed E-state index contributed by atoms with van der Waals surface area (Å²) < 4.78 is 0. The highest BCUT2D eigenvalue weighted by Crippen LogP contribution is 2.18. The van der Waals surface area contributed by atoms with Gasteiger partial charge in [-0.15, -0.1) is 0 Å². The molecule has 0 aliphatic carbocycles. The van der Waals surface area contributed by atoms with Crippen LogP contribution in [0.5, 0.6) is 0 Å². The van der Waals surface area contributed by atoms with E-state index in [0.29, 0.717) is 29.9 Å². The van der Waals surface area contributed by atoms with Gasteiger partial charge in [-0.25, -0.2) is 0 Å². The Hall–Kier alpha value is -3.13. The van der Waals surface area contributed by atoms with Gasteiger partial charge >= 0.3 is 0 Å². The Morgan fingerprint density at radius 1 is 1.12 bits per heavy atom. The monoisotopic (exact) mass is 321 g/mol. The van der Waals surface area contributed by atoms with Crippen LogP contribution in [0, 0.1) is 11.3 Å². The second-order valence-corrected chi connectivity index (χ2v) is 5.37. The Kier molecular flexibility index (Phi) is 6.09. The fourth-order valence-electron chi connectivity index (χ4n) is 2.26. The topological polar surface area (TPSA) is 82.0 Å². The average molecular weight is 321 g/mol. The van der Waals surface area contributed by atoms with Gasteiger partial charge in [0.25, 0.3) is 0 Å². The maximum Gasteiger partial charge on any atom is 0.222 e. The molecule has 0 fully saturated rings. The Morgan fingerprint density at radius 3 is 2.54 bits per heavy atom. The zero-order chi connectivity index (χ0) is 17.4. The number of carbonyl (C=O) groups excluding carboxylic acids is 2. The van der Waals surface area contributed by atoms with Crippen molar-refractivity contribution >= 4 is 17.4 Å². The summed E-state index contributed by atoms with van der Waals surface area (Å²) >= 11 is 0. The zero-order valence-corrected chi connectivity index (χ0v) is 13.5. The Bertz CT molecular complexity index is 764. The van der Waals surface area contributed by atoms with Crippen LogP contribution in [0.1, 0.15) is 34.8 Å². The van der Waals surface area contributed by atoms with Crippen molar-refractivity contribution in [2.24, 2.45) is 0 Å². The number of Topliss-reactive ketones (excluding diaryl/α,β-unsaturated/α-hetero) is 1. The largest absolute Gasteiger partial charge is 0.384 e. The van der Waals surface area contributed by atoms with Gasteiger partial charge < -0.3 is 10.6 Å². The fraction of sp³-hybridized carbons (Fsp3) is 0.211. The molecule has 5 nitrogen and oxygen atoms in total. The third kappa shape index (κ3) is 4.96. The minimum absolute atomic E-state index is 0.0767. The SMILES string of the molecule is CC(=O)c1ccc(C#N)cc1NCCC(=O)NCc1ccccc1. The Labute approximate surface area is 141 Å². The van der Waals surface area contributed by atoms with Crippen LogP contribution in [0.4, 0.5) is 5.69 Å². The third-order valence-corrected chi connectivity index (χ3v) is 3.53. The number of rotatable bonds is 7. The van der Waals surface area contributed by atoms with Gasteiger partial charge in [-0.1, -0.05) is 30.3 Å². The van der Waals surface area contributed by atoms with Gasteiger partial charge in [-0.3, -0.25) is 9.59 Å². The smallest absolute Gasteiger partial charge is 0.222 e. The van der Waals surface area contributed by atoms with E-state index in [9.17, 15) is 9.59 Å². The predicted molar refractivity (Wildman–Crippen MR) is 92.6 cm³/mol. The molecule has 0 unspecified atom stereocenters. The number of nitrogens with one attached hydrogen (secondary N) is 2. The lowest BCUT2D eigenvalue weighted by atomic mass is 10.1. The summed E-state index contributed by atoms with van der Waals surface area (Å²) in [5.41, 5.74) is 2.60. The van der Waals surface area contributed by atoms with E-state index in [4.69, 9.17) is 5.26 Å². The van der Waals surface area contributed by atoms with Crippen molar-refractivity contribution < 1.29 is 9.59 Å². The molecule has 2 aromatic rings. The number of amides is 1. The van der Waals surface area contributed by atoms with Crippen molar-refractivity contribution in [1.82, 2.24) is 5.32 Å². The second kappa shape index (κ2) is 8.49. The summed E-state index contributed by atoms with van der Waals surface area (Å²) in [6.07, 6.45) is 0.279. The van der Waals surface area contributed by atoms with Gasteiger partial charge in [0.15, 0.2) is 5.78 Å². The normalized spacial score (nSPS) is 9.83. The molecule has 0 bridgehead atoms. The lowest BCUT2D eigenvalue weighted by Crippen LogP contribution is -2.25. The average Bonchev–Trinajstić information content (AvgIpc) is 2.60. The van der Waals surface area contributed by atoms with Crippen molar-refractivity contribution in [2.75, 3.05) is 11.9 Å². The summed E-state index contributed by atoms with van der Waals surface area (Å²) in [6.45, 7) is 2.34. The summed E-state index contributed by atoms with van der Waals surface area (Å²) in [5, 5.41) is 14.9. The van der Waals surface area contributed by atoms with E-state index in [1.807, 2.05) is 36.4 Å². The summed E-state index contributed by atoms with van der Waals surface area (Å²) in [7, 11) is 0. The van der Waals surface area contributed by atoms with Crippen LogP contribution in [-0.4, -0.2) is 18.2 Å². The summed E-state index contributed by atoms with van der Waals surface area (Å²) in [5.74, 6) is -0.164. The maximum absolute atomic E-state index is 11.9. The highest BCUT2D eigenvalue weighted by molar-refractivity contribution is 5.99.